The van der Waals surface area contributed by atoms with Crippen LogP contribution in [0.5, 0.6) is 0 Å². The fraction of sp³-hybridized carbons (Fsp3) is 0.833. The number of carbonyl (C=O) groups is 1. The van der Waals surface area contributed by atoms with Crippen LogP contribution in [-0.4, -0.2) is 37.3 Å². The van der Waals surface area contributed by atoms with Crippen molar-refractivity contribution < 1.29 is 4.79 Å². The van der Waals surface area contributed by atoms with Crippen LogP contribution in [0.25, 0.3) is 0 Å². The molecule has 0 aliphatic heterocycles. The van der Waals surface area contributed by atoms with Crippen molar-refractivity contribution in [3.63, 3.8) is 0 Å². The number of thioether (sulfide) groups is 1. The molecular weight excluding hydrogens is 400 g/mol. The minimum Gasteiger partial charge on any atom is -0.355 e. The molecule has 2 atom stereocenters. The van der Waals surface area contributed by atoms with Gasteiger partial charge in [-0.2, -0.15) is 0 Å². The van der Waals surface area contributed by atoms with Gasteiger partial charge in [-0.3, -0.25) is 4.79 Å². The predicted octanol–water partition coefficient (Wildman–Crippen LogP) is 3.56. The van der Waals surface area contributed by atoms with Crippen LogP contribution in [0, 0.1) is 17.3 Å². The molecule has 1 aromatic rings. The molecular formula is C18H25BrN4OS. The third-order valence-electron chi connectivity index (χ3n) is 6.58. The summed E-state index contributed by atoms with van der Waals surface area (Å²) in [6.45, 7) is 0.849. The molecule has 0 radical (unpaired) electrons. The minimum atomic E-state index is 0.134. The van der Waals surface area contributed by atoms with Crippen LogP contribution in [-0.2, 0) is 4.79 Å². The summed E-state index contributed by atoms with van der Waals surface area (Å²) in [4.78, 5) is 12.4. The largest absolute Gasteiger partial charge is 0.355 e. The van der Waals surface area contributed by atoms with E-state index in [-0.39, 0.29) is 5.91 Å². The Bertz CT molecular complexity index is 674. The van der Waals surface area contributed by atoms with Gasteiger partial charge in [0.1, 0.15) is 6.33 Å². The van der Waals surface area contributed by atoms with E-state index in [9.17, 15) is 4.79 Å². The molecule has 0 spiro atoms. The van der Waals surface area contributed by atoms with Crippen molar-refractivity contribution in [2.24, 2.45) is 17.3 Å². The summed E-state index contributed by atoms with van der Waals surface area (Å²) in [5.74, 6) is 2.30. The van der Waals surface area contributed by atoms with Crippen LogP contribution in [0.2, 0.25) is 0 Å². The van der Waals surface area contributed by atoms with Crippen LogP contribution in [0.1, 0.15) is 57.4 Å². The zero-order valence-corrected chi connectivity index (χ0v) is 16.8. The van der Waals surface area contributed by atoms with Crippen molar-refractivity contribution in [3.8, 4) is 0 Å². The van der Waals surface area contributed by atoms with E-state index < -0.39 is 0 Å². The van der Waals surface area contributed by atoms with E-state index in [1.807, 2.05) is 0 Å². The predicted molar refractivity (Wildman–Crippen MR) is 101 cm³/mol. The van der Waals surface area contributed by atoms with Gasteiger partial charge in [-0.05, 0) is 68.6 Å². The van der Waals surface area contributed by atoms with Crippen molar-refractivity contribution in [2.45, 2.75) is 66.9 Å². The summed E-state index contributed by atoms with van der Waals surface area (Å²) in [7, 11) is 0. The second-order valence-corrected chi connectivity index (χ2v) is 11.6. The van der Waals surface area contributed by atoms with Crippen molar-refractivity contribution in [1.29, 1.82) is 0 Å². The van der Waals surface area contributed by atoms with E-state index >= 15 is 0 Å². The van der Waals surface area contributed by atoms with Crippen LogP contribution in [0.15, 0.2) is 11.5 Å². The quantitative estimate of drug-likeness (QED) is 0.560. The third-order valence-corrected chi connectivity index (χ3v) is 8.47. The molecule has 1 amide bonds. The summed E-state index contributed by atoms with van der Waals surface area (Å²) in [6.07, 6.45) is 12.1. The standard InChI is InChI=1S/C18H25BrN4OS/c19-18-6-12-3-13(7-18)5-17(4-12,9-18)10-20-15(24)8-25-16-22-21-11-23(16)14-1-2-14/h11-14H,1-10H2,(H,20,24). The van der Waals surface area contributed by atoms with Gasteiger partial charge in [0.05, 0.1) is 5.75 Å². The van der Waals surface area contributed by atoms with E-state index in [1.54, 1.807) is 6.33 Å². The molecule has 6 rings (SSSR count). The second-order valence-electron chi connectivity index (χ2n) is 8.93. The smallest absolute Gasteiger partial charge is 0.230 e. The fourth-order valence-electron chi connectivity index (χ4n) is 5.95. The molecule has 5 saturated carbocycles. The number of hydrogen-bond donors (Lipinski definition) is 1. The Morgan fingerprint density at radius 1 is 1.32 bits per heavy atom. The third kappa shape index (κ3) is 3.27. The lowest BCUT2D eigenvalue weighted by Gasteiger charge is -2.60. The van der Waals surface area contributed by atoms with Gasteiger partial charge in [0.25, 0.3) is 0 Å². The molecule has 1 aromatic heterocycles. The highest BCUT2D eigenvalue weighted by molar-refractivity contribution is 9.10. The Labute approximate surface area is 161 Å². The van der Waals surface area contributed by atoms with Gasteiger partial charge >= 0.3 is 0 Å². The van der Waals surface area contributed by atoms with Crippen LogP contribution < -0.4 is 5.32 Å². The highest BCUT2D eigenvalue weighted by atomic mass is 79.9. The molecule has 0 saturated heterocycles. The molecule has 5 nitrogen and oxygen atoms in total. The van der Waals surface area contributed by atoms with E-state index in [2.05, 4.69) is 36.0 Å². The minimum absolute atomic E-state index is 0.134. The second kappa shape index (κ2) is 5.98. The maximum Gasteiger partial charge on any atom is 0.230 e. The molecule has 2 unspecified atom stereocenters. The van der Waals surface area contributed by atoms with Crippen LogP contribution >= 0.6 is 27.7 Å². The average molecular weight is 425 g/mol. The Balaban J connectivity index is 1.16. The molecule has 4 bridgehead atoms. The van der Waals surface area contributed by atoms with E-state index in [0.29, 0.717) is 21.5 Å². The number of aromatic nitrogens is 3. The van der Waals surface area contributed by atoms with Gasteiger partial charge < -0.3 is 9.88 Å². The Morgan fingerprint density at radius 3 is 2.76 bits per heavy atom. The van der Waals surface area contributed by atoms with Crippen molar-refractivity contribution >= 4 is 33.6 Å². The number of nitrogens with zero attached hydrogens (tertiary/aromatic N) is 3. The summed E-state index contributed by atoms with van der Waals surface area (Å²) in [5, 5.41) is 12.3. The van der Waals surface area contributed by atoms with Gasteiger partial charge in [-0.1, -0.05) is 27.7 Å². The maximum atomic E-state index is 12.4. The highest BCUT2D eigenvalue weighted by Crippen LogP contribution is 2.64. The molecule has 136 valence electrons. The lowest BCUT2D eigenvalue weighted by molar-refractivity contribution is -0.120. The normalized spacial score (nSPS) is 38.9. The lowest BCUT2D eigenvalue weighted by Crippen LogP contribution is -2.56. The summed E-state index contributed by atoms with van der Waals surface area (Å²) in [5.41, 5.74) is 0.335. The summed E-state index contributed by atoms with van der Waals surface area (Å²) in [6, 6.07) is 0.558. The Kier molecular flexibility index (Phi) is 3.97. The van der Waals surface area contributed by atoms with Gasteiger partial charge in [-0.15, -0.1) is 10.2 Å². The summed E-state index contributed by atoms with van der Waals surface area (Å²) < 4.78 is 2.48. The number of hydrogen-bond acceptors (Lipinski definition) is 4. The topological polar surface area (TPSA) is 59.8 Å². The zero-order chi connectivity index (χ0) is 17.1. The Hall–Kier alpha value is -0.560. The number of nitrogens with one attached hydrogen (secondary N) is 1. The first-order chi connectivity index (χ1) is 12.0. The first-order valence-corrected chi connectivity index (χ1v) is 11.3. The van der Waals surface area contributed by atoms with Crippen molar-refractivity contribution in [2.75, 3.05) is 12.3 Å². The van der Waals surface area contributed by atoms with Crippen molar-refractivity contribution in [1.82, 2.24) is 20.1 Å². The number of alkyl halides is 1. The van der Waals surface area contributed by atoms with E-state index in [1.165, 1.54) is 63.1 Å². The average Bonchev–Trinajstić information content (AvgIpc) is 3.27. The fourth-order valence-corrected chi connectivity index (χ4v) is 8.27. The van der Waals surface area contributed by atoms with E-state index in [0.717, 1.165) is 23.5 Å². The Morgan fingerprint density at radius 2 is 2.08 bits per heavy atom. The molecule has 7 heteroatoms. The molecule has 5 aliphatic carbocycles. The molecule has 5 fully saturated rings. The van der Waals surface area contributed by atoms with Crippen LogP contribution in [0.4, 0.5) is 0 Å². The lowest BCUT2D eigenvalue weighted by atomic mass is 9.49. The van der Waals surface area contributed by atoms with Gasteiger partial charge in [-0.25, -0.2) is 0 Å². The molecule has 0 aromatic carbocycles. The SMILES string of the molecule is O=C(CSc1nncn1C1CC1)NCC12CC3CC(CC(Br)(C3)C1)C2. The molecule has 1 heterocycles. The first kappa shape index (κ1) is 16.6. The number of carbonyl (C=O) groups excluding carboxylic acids is 1. The van der Waals surface area contributed by atoms with Crippen molar-refractivity contribution in [3.05, 3.63) is 6.33 Å². The maximum absolute atomic E-state index is 12.4. The number of rotatable bonds is 6. The van der Waals surface area contributed by atoms with Gasteiger partial charge in [0.15, 0.2) is 5.16 Å². The zero-order valence-electron chi connectivity index (χ0n) is 14.4. The van der Waals surface area contributed by atoms with E-state index in [4.69, 9.17) is 0 Å². The monoisotopic (exact) mass is 424 g/mol. The number of amides is 1. The molecule has 5 aliphatic rings. The summed E-state index contributed by atoms with van der Waals surface area (Å²) >= 11 is 5.56. The van der Waals surface area contributed by atoms with Gasteiger partial charge in [0, 0.05) is 16.9 Å². The van der Waals surface area contributed by atoms with Crippen LogP contribution in [0.3, 0.4) is 0 Å². The number of halogens is 1. The van der Waals surface area contributed by atoms with Gasteiger partial charge in [0.2, 0.25) is 5.91 Å². The molecule has 25 heavy (non-hydrogen) atoms. The highest BCUT2D eigenvalue weighted by Gasteiger charge is 2.56. The first-order valence-electron chi connectivity index (χ1n) is 9.51. The molecule has 1 N–H and O–H groups in total.